The molecule has 0 bridgehead atoms. The van der Waals surface area contributed by atoms with Gasteiger partial charge in [-0.15, -0.1) is 0 Å². The molecule has 0 atom stereocenters. The van der Waals surface area contributed by atoms with Crippen LogP contribution in [0.2, 0.25) is 0 Å². The van der Waals surface area contributed by atoms with Gasteiger partial charge in [-0.25, -0.2) is 9.18 Å². The largest absolute Gasteiger partial charge is 0.514 e. The van der Waals surface area contributed by atoms with E-state index in [0.717, 1.165) is 12.3 Å². The molecule has 2 aromatic rings. The normalized spacial score (nSPS) is 12.8. The number of nitro benzene ring substituents is 1. The summed E-state index contributed by atoms with van der Waals surface area (Å²) >= 11 is 0. The van der Waals surface area contributed by atoms with E-state index in [2.05, 4.69) is 4.74 Å². The van der Waals surface area contributed by atoms with Crippen LogP contribution in [0.5, 0.6) is 5.75 Å². The predicted octanol–water partition coefficient (Wildman–Crippen LogP) is 2.92. The Morgan fingerprint density at radius 2 is 2.09 bits per heavy atom. The summed E-state index contributed by atoms with van der Waals surface area (Å²) < 4.78 is 30.6. The number of nitriles is 1. The number of pyridine rings is 1. The van der Waals surface area contributed by atoms with Crippen molar-refractivity contribution in [1.29, 1.82) is 5.26 Å². The minimum Gasteiger partial charge on any atom is -0.464 e. The Labute approximate surface area is 180 Å². The van der Waals surface area contributed by atoms with Crippen LogP contribution in [0.25, 0.3) is 10.9 Å². The lowest BCUT2D eigenvalue weighted by Gasteiger charge is -2.15. The molecule has 1 aromatic heterocycles. The van der Waals surface area contributed by atoms with Crippen LogP contribution in [0.1, 0.15) is 37.8 Å². The molecule has 1 heterocycles. The van der Waals surface area contributed by atoms with E-state index in [-0.39, 0.29) is 36.6 Å². The number of hydrogen-bond acceptors (Lipinski definition) is 9. The second-order valence-electron chi connectivity index (χ2n) is 6.89. The molecule has 1 fully saturated rings. The number of ether oxygens (including phenoxy) is 3. The van der Waals surface area contributed by atoms with Crippen LogP contribution in [-0.2, 0) is 20.7 Å². The van der Waals surface area contributed by atoms with Crippen molar-refractivity contribution in [2.45, 2.75) is 38.6 Å². The third kappa shape index (κ3) is 4.66. The van der Waals surface area contributed by atoms with E-state index >= 15 is 0 Å². The lowest BCUT2D eigenvalue weighted by atomic mass is 10.0. The average Bonchev–Trinajstić information content (AvgIpc) is 3.56. The summed E-state index contributed by atoms with van der Waals surface area (Å²) in [4.78, 5) is 47.6. The fourth-order valence-electron chi connectivity index (χ4n) is 3.20. The fourth-order valence-corrected chi connectivity index (χ4v) is 3.20. The van der Waals surface area contributed by atoms with Crippen LogP contribution in [-0.4, -0.2) is 34.8 Å². The number of nitrogens with zero attached hydrogens (tertiary/aromatic N) is 3. The van der Waals surface area contributed by atoms with Crippen molar-refractivity contribution >= 4 is 28.7 Å². The number of aromatic nitrogens is 1. The van der Waals surface area contributed by atoms with Crippen molar-refractivity contribution in [3.8, 4) is 11.8 Å². The van der Waals surface area contributed by atoms with E-state index in [1.54, 1.807) is 6.07 Å². The maximum atomic E-state index is 14.9. The van der Waals surface area contributed by atoms with E-state index in [1.807, 2.05) is 0 Å². The van der Waals surface area contributed by atoms with Gasteiger partial charge in [0, 0.05) is 6.04 Å². The number of benzene rings is 1. The molecule has 0 spiro atoms. The quantitative estimate of drug-likeness (QED) is 0.257. The van der Waals surface area contributed by atoms with Gasteiger partial charge in [-0.05, 0) is 25.8 Å². The van der Waals surface area contributed by atoms with E-state index in [1.165, 1.54) is 11.5 Å². The molecule has 168 valence electrons. The molecule has 1 aliphatic carbocycles. The minimum atomic E-state index is -1.16. The Morgan fingerprint density at radius 3 is 2.69 bits per heavy atom. The zero-order valence-electron chi connectivity index (χ0n) is 17.0. The lowest BCUT2D eigenvalue weighted by molar-refractivity contribution is -0.384. The van der Waals surface area contributed by atoms with E-state index in [0.29, 0.717) is 12.8 Å². The highest BCUT2D eigenvalue weighted by Gasteiger charge is 2.34. The smallest absolute Gasteiger partial charge is 0.464 e. The van der Waals surface area contributed by atoms with Crippen molar-refractivity contribution in [2.75, 3.05) is 13.2 Å². The van der Waals surface area contributed by atoms with Gasteiger partial charge in [0.05, 0.1) is 47.6 Å². The van der Waals surface area contributed by atoms with Gasteiger partial charge in [0.1, 0.15) is 17.9 Å². The van der Waals surface area contributed by atoms with Crippen molar-refractivity contribution in [3.63, 3.8) is 0 Å². The number of rotatable bonds is 8. The van der Waals surface area contributed by atoms with E-state index in [9.17, 15) is 28.9 Å². The van der Waals surface area contributed by atoms with Crippen molar-refractivity contribution in [1.82, 2.24) is 4.57 Å². The number of hydrogen-bond donors (Lipinski definition) is 0. The van der Waals surface area contributed by atoms with Gasteiger partial charge >= 0.3 is 12.1 Å². The van der Waals surface area contributed by atoms with Gasteiger partial charge in [-0.1, -0.05) is 0 Å². The highest BCUT2D eigenvalue weighted by Crippen LogP contribution is 2.41. The molecule has 0 saturated heterocycles. The minimum absolute atomic E-state index is 0.00282. The first-order chi connectivity index (χ1) is 15.3. The number of carbonyl (C=O) groups excluding carboxylic acids is 2. The Kier molecular flexibility index (Phi) is 6.67. The maximum Gasteiger partial charge on any atom is 0.514 e. The molecule has 11 nitrogen and oxygen atoms in total. The number of halogens is 1. The van der Waals surface area contributed by atoms with Crippen LogP contribution >= 0.6 is 0 Å². The summed E-state index contributed by atoms with van der Waals surface area (Å²) in [5.74, 6) is -2.57. The van der Waals surface area contributed by atoms with Crippen LogP contribution in [0.3, 0.4) is 0 Å². The third-order valence-corrected chi connectivity index (χ3v) is 4.68. The highest BCUT2D eigenvalue weighted by molar-refractivity contribution is 5.92. The highest BCUT2D eigenvalue weighted by atomic mass is 19.1. The Morgan fingerprint density at radius 1 is 1.38 bits per heavy atom. The summed E-state index contributed by atoms with van der Waals surface area (Å²) in [6.07, 6.45) is 0.438. The second-order valence-corrected chi connectivity index (χ2v) is 6.89. The standard InChI is InChI=1S/C20H18FN3O8/c1-2-30-20(27)32-15-10-23(11-4-5-11)17-13(19(15)26)8-14(21)12(18(17)24(28)29)9-16(25)31-7-3-6-22/h8,10-11H,2-5,7,9H2,1H3. The second kappa shape index (κ2) is 9.42. The number of esters is 1. The molecule has 0 radical (unpaired) electrons. The topological polar surface area (TPSA) is 151 Å². The third-order valence-electron chi connectivity index (χ3n) is 4.68. The maximum absolute atomic E-state index is 14.9. The molecule has 32 heavy (non-hydrogen) atoms. The molecule has 1 saturated carbocycles. The van der Waals surface area contributed by atoms with Crippen LogP contribution in [0.15, 0.2) is 17.1 Å². The van der Waals surface area contributed by atoms with Gasteiger partial charge in [-0.2, -0.15) is 5.26 Å². The Bertz CT molecular complexity index is 1200. The zero-order chi connectivity index (χ0) is 23.4. The zero-order valence-corrected chi connectivity index (χ0v) is 17.0. The molecule has 0 N–H and O–H groups in total. The lowest BCUT2D eigenvalue weighted by Crippen LogP contribution is -2.20. The number of nitro groups is 1. The van der Waals surface area contributed by atoms with Crippen LogP contribution in [0.4, 0.5) is 14.9 Å². The van der Waals surface area contributed by atoms with Gasteiger partial charge < -0.3 is 18.8 Å². The van der Waals surface area contributed by atoms with Crippen molar-refractivity contribution < 1.29 is 33.1 Å². The molecule has 0 unspecified atom stereocenters. The summed E-state index contributed by atoms with van der Waals surface area (Å²) in [7, 11) is 0. The van der Waals surface area contributed by atoms with Gasteiger partial charge in [-0.3, -0.25) is 19.7 Å². The molecular weight excluding hydrogens is 429 g/mol. The molecule has 1 aliphatic rings. The fraction of sp³-hybridized carbons (Fsp3) is 0.400. The summed E-state index contributed by atoms with van der Waals surface area (Å²) in [6.45, 7) is 1.30. The molecular formula is C20H18FN3O8. The predicted molar refractivity (Wildman–Crippen MR) is 106 cm³/mol. The van der Waals surface area contributed by atoms with Crippen molar-refractivity contribution in [3.05, 3.63) is 44.0 Å². The summed E-state index contributed by atoms with van der Waals surface area (Å²) in [5.41, 5.74) is -2.41. The van der Waals surface area contributed by atoms with Gasteiger partial charge in [0.25, 0.3) is 5.69 Å². The summed E-state index contributed by atoms with van der Waals surface area (Å²) in [6, 6.07) is 2.31. The molecule has 0 aliphatic heterocycles. The van der Waals surface area contributed by atoms with Gasteiger partial charge in [0.15, 0.2) is 5.75 Å². The van der Waals surface area contributed by atoms with Crippen LogP contribution < -0.4 is 10.2 Å². The monoisotopic (exact) mass is 447 g/mol. The number of carbonyl (C=O) groups is 2. The first kappa shape index (κ1) is 22.7. The SMILES string of the molecule is CCOC(=O)Oc1cn(C2CC2)c2c([N+](=O)[O-])c(CC(=O)OCCC#N)c(F)cc2c1=O. The average molecular weight is 447 g/mol. The van der Waals surface area contributed by atoms with E-state index in [4.69, 9.17) is 14.7 Å². The molecule has 1 aromatic carbocycles. The Balaban J connectivity index is 2.18. The van der Waals surface area contributed by atoms with Crippen molar-refractivity contribution in [2.24, 2.45) is 0 Å². The number of fused-ring (bicyclic) bond motifs is 1. The molecule has 12 heteroatoms. The Hall–Kier alpha value is -4.01. The molecule has 3 rings (SSSR count). The first-order valence-corrected chi connectivity index (χ1v) is 9.70. The van der Waals surface area contributed by atoms with E-state index < -0.39 is 51.7 Å². The summed E-state index contributed by atoms with van der Waals surface area (Å²) in [5, 5.41) is 20.0. The van der Waals surface area contributed by atoms with Gasteiger partial charge in [0.2, 0.25) is 5.43 Å². The van der Waals surface area contributed by atoms with Crippen LogP contribution in [0, 0.1) is 27.3 Å². The first-order valence-electron chi connectivity index (χ1n) is 9.70. The molecule has 0 amide bonds.